The van der Waals surface area contributed by atoms with Crippen LogP contribution in [0.15, 0.2) is 53.6 Å². The summed E-state index contributed by atoms with van der Waals surface area (Å²) in [6, 6.07) is 14.5. The van der Waals surface area contributed by atoms with Crippen LogP contribution in [0.3, 0.4) is 0 Å². The normalized spacial score (nSPS) is 18.5. The number of hydrogen-bond donors (Lipinski definition) is 0. The van der Waals surface area contributed by atoms with Crippen molar-refractivity contribution in [1.29, 1.82) is 0 Å². The van der Waals surface area contributed by atoms with Crippen LogP contribution >= 0.6 is 23.2 Å². The molecule has 1 aliphatic carbocycles. The smallest absolute Gasteiger partial charge is 0.262 e. The lowest BCUT2D eigenvalue weighted by Crippen LogP contribution is -2.39. The van der Waals surface area contributed by atoms with E-state index in [0.717, 1.165) is 29.7 Å². The molecule has 0 N–H and O–H groups in total. The molecule has 0 bridgehead atoms. The molecule has 2 amide bonds. The van der Waals surface area contributed by atoms with E-state index in [-0.39, 0.29) is 30.3 Å². The molecule has 2 aromatic rings. The maximum Gasteiger partial charge on any atom is 0.262 e. The topological polar surface area (TPSA) is 53.0 Å². The standard InChI is InChI=1S/C22H21Cl2N3O2/c1-26(22(29)14-10-11-14)13-21(28)27-20(16-7-3-5-9-18(16)24)12-19(25-27)15-6-2-4-8-17(15)23/h2-9,14,20H,10-13H2,1H3/t20-/m1/s1. The van der Waals surface area contributed by atoms with Crippen LogP contribution in [0.2, 0.25) is 10.0 Å². The van der Waals surface area contributed by atoms with Crippen LogP contribution in [0.5, 0.6) is 0 Å². The number of carbonyl (C=O) groups is 2. The summed E-state index contributed by atoms with van der Waals surface area (Å²) >= 11 is 12.8. The number of nitrogens with zero attached hydrogens (tertiary/aromatic N) is 3. The Kier molecular flexibility index (Phi) is 5.61. The number of halogens is 2. The SMILES string of the molecule is CN(CC(=O)N1N=C(c2ccccc2Cl)C[C@@H]1c1ccccc1Cl)C(=O)C1CC1. The first-order valence-corrected chi connectivity index (χ1v) is 10.3. The van der Waals surface area contributed by atoms with Gasteiger partial charge < -0.3 is 4.90 Å². The molecular weight excluding hydrogens is 409 g/mol. The van der Waals surface area contributed by atoms with Gasteiger partial charge in [0.15, 0.2) is 0 Å². The van der Waals surface area contributed by atoms with Crippen molar-refractivity contribution in [3.05, 3.63) is 69.7 Å². The van der Waals surface area contributed by atoms with Crippen molar-refractivity contribution < 1.29 is 9.59 Å². The van der Waals surface area contributed by atoms with E-state index in [4.69, 9.17) is 23.2 Å². The molecule has 5 nitrogen and oxygen atoms in total. The monoisotopic (exact) mass is 429 g/mol. The second-order valence-corrected chi connectivity index (χ2v) is 8.29. The van der Waals surface area contributed by atoms with Gasteiger partial charge in [0.05, 0.1) is 11.8 Å². The summed E-state index contributed by atoms with van der Waals surface area (Å²) < 4.78 is 0. The second kappa shape index (κ2) is 8.17. The molecular formula is C22H21Cl2N3O2. The molecule has 4 rings (SSSR count). The van der Waals surface area contributed by atoms with Gasteiger partial charge >= 0.3 is 0 Å². The highest BCUT2D eigenvalue weighted by Gasteiger charge is 2.37. The van der Waals surface area contributed by atoms with Crippen molar-refractivity contribution in [2.45, 2.75) is 25.3 Å². The molecule has 1 saturated carbocycles. The molecule has 0 aromatic heterocycles. The molecule has 0 unspecified atom stereocenters. The Hall–Kier alpha value is -2.37. The van der Waals surface area contributed by atoms with Crippen molar-refractivity contribution in [1.82, 2.24) is 9.91 Å². The average Bonchev–Trinajstić information content (AvgIpc) is 3.47. The van der Waals surface area contributed by atoms with Crippen molar-refractivity contribution in [2.24, 2.45) is 11.0 Å². The van der Waals surface area contributed by atoms with Gasteiger partial charge in [-0.25, -0.2) is 5.01 Å². The first-order chi connectivity index (χ1) is 14.0. The summed E-state index contributed by atoms with van der Waals surface area (Å²) in [5.41, 5.74) is 2.35. The van der Waals surface area contributed by atoms with Crippen LogP contribution in [0, 0.1) is 5.92 Å². The molecule has 29 heavy (non-hydrogen) atoms. The van der Waals surface area contributed by atoms with E-state index in [1.807, 2.05) is 36.4 Å². The molecule has 0 saturated heterocycles. The van der Waals surface area contributed by atoms with Gasteiger partial charge in [-0.2, -0.15) is 5.10 Å². The first kappa shape index (κ1) is 19.9. The fourth-order valence-electron chi connectivity index (χ4n) is 3.58. The fourth-order valence-corrected chi connectivity index (χ4v) is 4.09. The van der Waals surface area contributed by atoms with Gasteiger partial charge in [-0.3, -0.25) is 9.59 Å². The van der Waals surface area contributed by atoms with Crippen LogP contribution in [-0.4, -0.2) is 41.0 Å². The van der Waals surface area contributed by atoms with E-state index >= 15 is 0 Å². The minimum Gasteiger partial charge on any atom is -0.336 e. The molecule has 1 heterocycles. The minimum atomic E-state index is -0.341. The van der Waals surface area contributed by atoms with Crippen molar-refractivity contribution in [3.63, 3.8) is 0 Å². The van der Waals surface area contributed by atoms with Crippen LogP contribution in [0.1, 0.15) is 36.4 Å². The Balaban J connectivity index is 1.64. The average molecular weight is 430 g/mol. The molecule has 2 aromatic carbocycles. The number of hydrazone groups is 1. The number of carbonyl (C=O) groups excluding carboxylic acids is 2. The van der Waals surface area contributed by atoms with Gasteiger partial charge in [-0.1, -0.05) is 59.6 Å². The van der Waals surface area contributed by atoms with E-state index in [9.17, 15) is 9.59 Å². The quantitative estimate of drug-likeness (QED) is 0.700. The predicted molar refractivity (Wildman–Crippen MR) is 114 cm³/mol. The third-order valence-corrected chi connectivity index (χ3v) is 5.96. The molecule has 1 aliphatic heterocycles. The summed E-state index contributed by atoms with van der Waals surface area (Å²) in [5.74, 6) is -0.163. The molecule has 2 aliphatic rings. The van der Waals surface area contributed by atoms with Crippen LogP contribution < -0.4 is 0 Å². The van der Waals surface area contributed by atoms with E-state index in [1.165, 1.54) is 9.91 Å². The Morgan fingerprint density at radius 1 is 1.07 bits per heavy atom. The Bertz CT molecular complexity index is 988. The Morgan fingerprint density at radius 3 is 2.38 bits per heavy atom. The third-order valence-electron chi connectivity index (χ3n) is 5.29. The lowest BCUT2D eigenvalue weighted by atomic mass is 9.98. The van der Waals surface area contributed by atoms with Gasteiger partial charge in [0, 0.05) is 35.0 Å². The van der Waals surface area contributed by atoms with Crippen molar-refractivity contribution >= 4 is 40.7 Å². The summed E-state index contributed by atoms with van der Waals surface area (Å²) in [6.07, 6.45) is 2.30. The third kappa shape index (κ3) is 4.16. The fraction of sp³-hybridized carbons (Fsp3) is 0.318. The van der Waals surface area contributed by atoms with E-state index < -0.39 is 0 Å². The zero-order valence-electron chi connectivity index (χ0n) is 16.0. The molecule has 7 heteroatoms. The highest BCUT2D eigenvalue weighted by molar-refractivity contribution is 6.34. The van der Waals surface area contributed by atoms with E-state index in [2.05, 4.69) is 5.10 Å². The molecule has 1 atom stereocenters. The number of hydrogen-bond acceptors (Lipinski definition) is 3. The van der Waals surface area contributed by atoms with Gasteiger partial charge in [0.1, 0.15) is 6.54 Å². The number of likely N-dealkylation sites (N-methyl/N-ethyl adjacent to an activating group) is 1. The van der Waals surface area contributed by atoms with Crippen LogP contribution in [0.4, 0.5) is 0 Å². The number of amides is 2. The van der Waals surface area contributed by atoms with E-state index in [1.54, 1.807) is 19.2 Å². The van der Waals surface area contributed by atoms with Gasteiger partial charge in [-0.05, 0) is 30.5 Å². The lowest BCUT2D eigenvalue weighted by molar-refractivity contribution is -0.141. The Labute approximate surface area is 179 Å². The van der Waals surface area contributed by atoms with Gasteiger partial charge in [0.25, 0.3) is 5.91 Å². The maximum absolute atomic E-state index is 13.1. The van der Waals surface area contributed by atoms with Crippen molar-refractivity contribution in [3.8, 4) is 0 Å². The summed E-state index contributed by atoms with van der Waals surface area (Å²) in [4.78, 5) is 26.9. The zero-order chi connectivity index (χ0) is 20.5. The number of rotatable bonds is 5. The molecule has 0 spiro atoms. The molecule has 1 fully saturated rings. The van der Waals surface area contributed by atoms with Crippen molar-refractivity contribution in [2.75, 3.05) is 13.6 Å². The summed E-state index contributed by atoms with van der Waals surface area (Å²) in [5, 5.41) is 7.23. The number of benzene rings is 2. The summed E-state index contributed by atoms with van der Waals surface area (Å²) in [6.45, 7) is -0.0183. The van der Waals surface area contributed by atoms with E-state index in [0.29, 0.717) is 16.5 Å². The van der Waals surface area contributed by atoms with Crippen LogP contribution in [0.25, 0.3) is 0 Å². The minimum absolute atomic E-state index is 0.0159. The van der Waals surface area contributed by atoms with Gasteiger partial charge in [0.2, 0.25) is 5.91 Å². The summed E-state index contributed by atoms with van der Waals surface area (Å²) in [7, 11) is 1.66. The lowest BCUT2D eigenvalue weighted by Gasteiger charge is -2.25. The highest BCUT2D eigenvalue weighted by atomic mass is 35.5. The maximum atomic E-state index is 13.1. The molecule has 150 valence electrons. The Morgan fingerprint density at radius 2 is 1.72 bits per heavy atom. The van der Waals surface area contributed by atoms with Crippen LogP contribution in [-0.2, 0) is 9.59 Å². The zero-order valence-corrected chi connectivity index (χ0v) is 17.5. The largest absolute Gasteiger partial charge is 0.336 e. The highest BCUT2D eigenvalue weighted by Crippen LogP contribution is 2.37. The molecule has 0 radical (unpaired) electrons. The van der Waals surface area contributed by atoms with Gasteiger partial charge in [-0.15, -0.1) is 0 Å². The first-order valence-electron chi connectivity index (χ1n) is 9.59. The predicted octanol–water partition coefficient (Wildman–Crippen LogP) is 4.54. The second-order valence-electron chi connectivity index (χ2n) is 7.47.